The van der Waals surface area contributed by atoms with Crippen LogP contribution >= 0.6 is 23.5 Å². The van der Waals surface area contributed by atoms with Crippen LogP contribution in [0.1, 0.15) is 0 Å². The summed E-state index contributed by atoms with van der Waals surface area (Å²) in [6, 6.07) is 0. The topological polar surface area (TPSA) is 49.3 Å². The number of hydrogen-bond acceptors (Lipinski definition) is 4. The van der Waals surface area contributed by atoms with Crippen molar-refractivity contribution in [3.05, 3.63) is 0 Å². The van der Waals surface area contributed by atoms with Gasteiger partial charge in [-0.05, 0) is 0 Å². The lowest BCUT2D eigenvalue weighted by Crippen LogP contribution is -2.41. The first-order valence-electron chi connectivity index (χ1n) is 4.07. The number of carbonyl (C=O) groups is 1. The highest BCUT2D eigenvalue weighted by Crippen LogP contribution is 2.31. The zero-order chi connectivity index (χ0) is 10.6. The Balaban J connectivity index is 2.16. The molecule has 14 heavy (non-hydrogen) atoms. The summed E-state index contributed by atoms with van der Waals surface area (Å²) in [5.41, 5.74) is 0. The quantitative estimate of drug-likeness (QED) is 0.757. The number of hydrogen-bond donors (Lipinski definition) is 2. The molecule has 0 atom stereocenters. The number of alkyl halides is 2. The van der Waals surface area contributed by atoms with Gasteiger partial charge in [-0.1, -0.05) is 0 Å². The summed E-state index contributed by atoms with van der Waals surface area (Å²) in [4.78, 5) is 10.0. The molecule has 7 heteroatoms. The highest BCUT2D eigenvalue weighted by Gasteiger charge is 2.38. The van der Waals surface area contributed by atoms with Crippen LogP contribution in [0.5, 0.6) is 0 Å². The van der Waals surface area contributed by atoms with Gasteiger partial charge in [0.2, 0.25) is 0 Å². The molecule has 0 aromatic heterocycles. The molecule has 0 radical (unpaired) electrons. The van der Waals surface area contributed by atoms with Crippen LogP contribution in [0.2, 0.25) is 0 Å². The maximum Gasteiger partial charge on any atom is 0.375 e. The standard InChI is InChI=1S/C7H11F2NO2S2/c8-7(9,6(11)12)4-10-3-5-13-1-2-14-5/h5,10H,1-4H2,(H,11,12). The zero-order valence-corrected chi connectivity index (χ0v) is 8.97. The second kappa shape index (κ2) is 5.18. The molecule has 1 saturated heterocycles. The van der Waals surface area contributed by atoms with E-state index in [1.165, 1.54) is 0 Å². The third kappa shape index (κ3) is 3.62. The molecule has 0 saturated carbocycles. The number of carboxylic acid groups (broad SMARTS) is 1. The van der Waals surface area contributed by atoms with Crippen LogP contribution in [0, 0.1) is 0 Å². The first-order valence-corrected chi connectivity index (χ1v) is 6.17. The molecule has 0 aliphatic carbocycles. The molecule has 0 aromatic carbocycles. The molecule has 0 aromatic rings. The molecule has 3 nitrogen and oxygen atoms in total. The van der Waals surface area contributed by atoms with E-state index >= 15 is 0 Å². The number of halogens is 2. The van der Waals surface area contributed by atoms with E-state index in [2.05, 4.69) is 5.32 Å². The summed E-state index contributed by atoms with van der Waals surface area (Å²) >= 11 is 3.42. The molecular weight excluding hydrogens is 232 g/mol. The van der Waals surface area contributed by atoms with Crippen LogP contribution in [0.3, 0.4) is 0 Å². The number of rotatable bonds is 5. The Morgan fingerprint density at radius 3 is 2.57 bits per heavy atom. The van der Waals surface area contributed by atoms with E-state index in [0.717, 1.165) is 11.5 Å². The lowest BCUT2D eigenvalue weighted by molar-refractivity contribution is -0.163. The molecule has 82 valence electrons. The minimum atomic E-state index is -3.66. The Bertz CT molecular complexity index is 210. The summed E-state index contributed by atoms with van der Waals surface area (Å²) < 4.78 is 25.4. The largest absolute Gasteiger partial charge is 0.477 e. The molecule has 0 bridgehead atoms. The van der Waals surface area contributed by atoms with Gasteiger partial charge < -0.3 is 10.4 Å². The normalized spacial score (nSPS) is 18.7. The van der Waals surface area contributed by atoms with Gasteiger partial charge in [0.15, 0.2) is 0 Å². The van der Waals surface area contributed by atoms with Gasteiger partial charge in [0, 0.05) is 18.1 Å². The van der Waals surface area contributed by atoms with Crippen LogP contribution < -0.4 is 5.32 Å². The first kappa shape index (κ1) is 12.1. The summed E-state index contributed by atoms with van der Waals surface area (Å²) in [6.45, 7) is -0.363. The van der Waals surface area contributed by atoms with Crippen LogP contribution in [-0.4, -0.2) is 46.2 Å². The fourth-order valence-corrected chi connectivity index (χ4v) is 3.68. The van der Waals surface area contributed by atoms with Crippen molar-refractivity contribution in [3.63, 3.8) is 0 Å². The van der Waals surface area contributed by atoms with Gasteiger partial charge >= 0.3 is 11.9 Å². The van der Waals surface area contributed by atoms with Gasteiger partial charge in [-0.2, -0.15) is 8.78 Å². The van der Waals surface area contributed by atoms with E-state index in [1.807, 2.05) is 0 Å². The van der Waals surface area contributed by atoms with Crippen molar-refractivity contribution in [3.8, 4) is 0 Å². The average molecular weight is 243 g/mol. The van der Waals surface area contributed by atoms with E-state index in [-0.39, 0.29) is 4.58 Å². The monoisotopic (exact) mass is 243 g/mol. The van der Waals surface area contributed by atoms with Gasteiger partial charge in [-0.3, -0.25) is 0 Å². The van der Waals surface area contributed by atoms with Gasteiger partial charge in [-0.15, -0.1) is 23.5 Å². The molecule has 2 N–H and O–H groups in total. The Morgan fingerprint density at radius 2 is 2.07 bits per heavy atom. The van der Waals surface area contributed by atoms with Crippen molar-refractivity contribution in [1.82, 2.24) is 5.32 Å². The minimum Gasteiger partial charge on any atom is -0.477 e. The van der Waals surface area contributed by atoms with Crippen molar-refractivity contribution >= 4 is 29.5 Å². The summed E-state index contributed by atoms with van der Waals surface area (Å²) in [6.07, 6.45) is 0. The van der Waals surface area contributed by atoms with E-state index < -0.39 is 18.4 Å². The Labute approximate surface area is 89.0 Å². The first-order chi connectivity index (χ1) is 6.52. The van der Waals surface area contributed by atoms with E-state index in [0.29, 0.717) is 6.54 Å². The average Bonchev–Trinajstić information content (AvgIpc) is 2.56. The fraction of sp³-hybridized carbons (Fsp3) is 0.857. The Hall–Kier alpha value is -0.0100. The van der Waals surface area contributed by atoms with Crippen molar-refractivity contribution in [2.24, 2.45) is 0 Å². The van der Waals surface area contributed by atoms with Crippen LogP contribution in [-0.2, 0) is 4.79 Å². The number of nitrogens with one attached hydrogen (secondary N) is 1. The van der Waals surface area contributed by atoms with Crippen molar-refractivity contribution in [1.29, 1.82) is 0 Å². The summed E-state index contributed by atoms with van der Waals surface area (Å²) in [7, 11) is 0. The van der Waals surface area contributed by atoms with Crippen molar-refractivity contribution in [2.75, 3.05) is 24.6 Å². The van der Waals surface area contributed by atoms with E-state index in [1.54, 1.807) is 23.5 Å². The maximum atomic E-state index is 12.5. The predicted octanol–water partition coefficient (Wildman–Crippen LogP) is 1.10. The number of carboxylic acids is 1. The van der Waals surface area contributed by atoms with Crippen molar-refractivity contribution < 1.29 is 18.7 Å². The zero-order valence-electron chi connectivity index (χ0n) is 7.33. The number of aliphatic carboxylic acids is 1. The van der Waals surface area contributed by atoms with Crippen LogP contribution in [0.15, 0.2) is 0 Å². The SMILES string of the molecule is O=C(O)C(F)(F)CNCC1SCCS1. The summed E-state index contributed by atoms with van der Waals surface area (Å²) in [5.74, 6) is -3.66. The van der Waals surface area contributed by atoms with Gasteiger partial charge in [0.1, 0.15) is 0 Å². The predicted molar refractivity (Wildman–Crippen MR) is 54.2 cm³/mol. The Kier molecular flexibility index (Phi) is 4.46. The van der Waals surface area contributed by atoms with Gasteiger partial charge in [-0.25, -0.2) is 4.79 Å². The fourth-order valence-electron chi connectivity index (χ4n) is 0.948. The lowest BCUT2D eigenvalue weighted by atomic mass is 10.3. The molecule has 0 spiro atoms. The second-order valence-electron chi connectivity index (χ2n) is 2.81. The van der Waals surface area contributed by atoms with E-state index in [4.69, 9.17) is 5.11 Å². The molecule has 1 aliphatic heterocycles. The van der Waals surface area contributed by atoms with Crippen molar-refractivity contribution in [2.45, 2.75) is 10.5 Å². The number of thioether (sulfide) groups is 2. The molecular formula is C7H11F2NO2S2. The molecule has 0 unspecified atom stereocenters. The molecule has 1 aliphatic rings. The summed E-state index contributed by atoms with van der Waals surface area (Å²) in [5, 5.41) is 10.6. The second-order valence-corrected chi connectivity index (χ2v) is 5.73. The van der Waals surface area contributed by atoms with Gasteiger partial charge in [0.25, 0.3) is 0 Å². The highest BCUT2D eigenvalue weighted by molar-refractivity contribution is 8.20. The molecule has 1 fully saturated rings. The van der Waals surface area contributed by atoms with E-state index in [9.17, 15) is 13.6 Å². The molecule has 0 amide bonds. The maximum absolute atomic E-state index is 12.5. The highest BCUT2D eigenvalue weighted by atomic mass is 32.2. The lowest BCUT2D eigenvalue weighted by Gasteiger charge is -2.14. The Morgan fingerprint density at radius 1 is 1.50 bits per heavy atom. The molecule has 1 heterocycles. The molecule has 1 rings (SSSR count). The van der Waals surface area contributed by atoms with Gasteiger partial charge in [0.05, 0.1) is 11.1 Å². The van der Waals surface area contributed by atoms with Crippen LogP contribution in [0.25, 0.3) is 0 Å². The third-order valence-corrected chi connectivity index (χ3v) is 4.69. The third-order valence-electron chi connectivity index (χ3n) is 1.66. The van der Waals surface area contributed by atoms with Crippen LogP contribution in [0.4, 0.5) is 8.78 Å². The minimum absolute atomic E-state index is 0.277. The smallest absolute Gasteiger partial charge is 0.375 e.